The van der Waals surface area contributed by atoms with Gasteiger partial charge in [-0.2, -0.15) is 0 Å². The van der Waals surface area contributed by atoms with Gasteiger partial charge in [0.1, 0.15) is 0 Å². The molecule has 0 aliphatic carbocycles. The quantitative estimate of drug-likeness (QED) is 0.617. The Balaban J connectivity index is 2.24. The van der Waals surface area contributed by atoms with Crippen LogP contribution < -0.4 is 10.0 Å². The predicted molar refractivity (Wildman–Crippen MR) is 92.6 cm³/mol. The van der Waals surface area contributed by atoms with Gasteiger partial charge >= 0.3 is 0 Å². The number of benzene rings is 2. The van der Waals surface area contributed by atoms with Crippen molar-refractivity contribution in [3.05, 3.63) is 63.7 Å². The van der Waals surface area contributed by atoms with Crippen LogP contribution in [0.3, 0.4) is 0 Å². The number of rotatable bonds is 6. The van der Waals surface area contributed by atoms with Gasteiger partial charge in [-0.25, -0.2) is 13.1 Å². The lowest BCUT2D eigenvalue weighted by atomic mass is 10.1. The van der Waals surface area contributed by atoms with Crippen molar-refractivity contribution in [1.29, 1.82) is 0 Å². The second-order valence-corrected chi connectivity index (χ2v) is 7.29. The number of nitro groups is 1. The van der Waals surface area contributed by atoms with Crippen molar-refractivity contribution in [3.8, 4) is 0 Å². The summed E-state index contributed by atoms with van der Waals surface area (Å²) in [5.41, 5.74) is 2.15. The highest BCUT2D eigenvalue weighted by Gasteiger charge is 2.15. The number of nitrogens with zero attached hydrogens (tertiary/aromatic N) is 1. The summed E-state index contributed by atoms with van der Waals surface area (Å²) in [7, 11) is -2.14. The van der Waals surface area contributed by atoms with Crippen LogP contribution in [0, 0.1) is 17.0 Å². The number of nitrogens with one attached hydrogen (secondary N) is 2. The molecule has 1 atom stereocenters. The zero-order valence-corrected chi connectivity index (χ0v) is 14.4. The molecular formula is C16H19N3O4S. The monoisotopic (exact) mass is 349 g/mol. The van der Waals surface area contributed by atoms with Gasteiger partial charge in [0, 0.05) is 23.4 Å². The molecule has 0 fully saturated rings. The molecule has 0 aliphatic rings. The standard InChI is InChI=1S/C16H19N3O4S/c1-11-9-14(7-8-16(11)19(20)21)18-12(2)13-5-4-6-15(10-13)24(22,23)17-3/h4-10,12,17-18H,1-3H3. The smallest absolute Gasteiger partial charge is 0.272 e. The Morgan fingerprint density at radius 2 is 1.88 bits per heavy atom. The summed E-state index contributed by atoms with van der Waals surface area (Å²) in [4.78, 5) is 10.6. The topological polar surface area (TPSA) is 101 Å². The Bertz CT molecular complexity index is 865. The van der Waals surface area contributed by atoms with Gasteiger partial charge in [-0.1, -0.05) is 12.1 Å². The molecule has 7 nitrogen and oxygen atoms in total. The Hall–Kier alpha value is -2.45. The zero-order chi connectivity index (χ0) is 17.9. The number of aryl methyl sites for hydroxylation is 1. The van der Waals surface area contributed by atoms with Gasteiger partial charge in [-0.05, 0) is 50.7 Å². The van der Waals surface area contributed by atoms with Gasteiger partial charge in [-0.15, -0.1) is 0 Å². The maximum atomic E-state index is 11.9. The first-order chi connectivity index (χ1) is 11.2. The van der Waals surface area contributed by atoms with E-state index in [9.17, 15) is 18.5 Å². The highest BCUT2D eigenvalue weighted by atomic mass is 32.2. The van der Waals surface area contributed by atoms with Crippen LogP contribution in [0.1, 0.15) is 24.1 Å². The van der Waals surface area contributed by atoms with Crippen LogP contribution in [-0.2, 0) is 10.0 Å². The second-order valence-electron chi connectivity index (χ2n) is 5.40. The number of hydrogen-bond donors (Lipinski definition) is 2. The number of anilines is 1. The first-order valence-corrected chi connectivity index (χ1v) is 8.78. The summed E-state index contributed by atoms with van der Waals surface area (Å²) < 4.78 is 26.1. The third-order valence-corrected chi connectivity index (χ3v) is 5.13. The number of hydrogen-bond acceptors (Lipinski definition) is 5. The largest absolute Gasteiger partial charge is 0.379 e. The van der Waals surface area contributed by atoms with Crippen molar-refractivity contribution in [2.24, 2.45) is 0 Å². The predicted octanol–water partition coefficient (Wildman–Crippen LogP) is 2.98. The van der Waals surface area contributed by atoms with Gasteiger partial charge in [-0.3, -0.25) is 10.1 Å². The molecule has 0 saturated heterocycles. The van der Waals surface area contributed by atoms with E-state index in [0.717, 1.165) is 11.3 Å². The molecule has 0 bridgehead atoms. The summed E-state index contributed by atoms with van der Waals surface area (Å²) in [5.74, 6) is 0. The Kier molecular flexibility index (Phi) is 5.20. The van der Waals surface area contributed by atoms with Crippen LogP contribution in [0.4, 0.5) is 11.4 Å². The van der Waals surface area contributed by atoms with Crippen molar-refractivity contribution in [2.45, 2.75) is 24.8 Å². The molecule has 0 aromatic heterocycles. The van der Waals surface area contributed by atoms with Gasteiger partial charge in [0.2, 0.25) is 10.0 Å². The molecule has 0 saturated carbocycles. The van der Waals surface area contributed by atoms with Crippen molar-refractivity contribution < 1.29 is 13.3 Å². The normalized spacial score (nSPS) is 12.6. The van der Waals surface area contributed by atoms with E-state index in [1.54, 1.807) is 31.2 Å². The molecule has 0 aliphatic heterocycles. The maximum absolute atomic E-state index is 11.9. The molecule has 0 spiro atoms. The van der Waals surface area contributed by atoms with Crippen molar-refractivity contribution in [3.63, 3.8) is 0 Å². The minimum atomic E-state index is -3.50. The van der Waals surface area contributed by atoms with Crippen LogP contribution in [0.5, 0.6) is 0 Å². The Morgan fingerprint density at radius 1 is 1.17 bits per heavy atom. The van der Waals surface area contributed by atoms with Crippen molar-refractivity contribution in [1.82, 2.24) is 4.72 Å². The highest BCUT2D eigenvalue weighted by Crippen LogP contribution is 2.25. The molecule has 1 unspecified atom stereocenters. The molecule has 2 aromatic carbocycles. The first kappa shape index (κ1) is 17.9. The lowest BCUT2D eigenvalue weighted by molar-refractivity contribution is -0.385. The summed E-state index contributed by atoms with van der Waals surface area (Å²) >= 11 is 0. The lowest BCUT2D eigenvalue weighted by Crippen LogP contribution is -2.19. The summed E-state index contributed by atoms with van der Waals surface area (Å²) in [6.07, 6.45) is 0. The Labute approximate surface area is 140 Å². The first-order valence-electron chi connectivity index (χ1n) is 7.29. The van der Waals surface area contributed by atoms with Gasteiger partial charge in [0.15, 0.2) is 0 Å². The van der Waals surface area contributed by atoms with Crippen LogP contribution in [0.15, 0.2) is 47.4 Å². The van der Waals surface area contributed by atoms with Crippen molar-refractivity contribution >= 4 is 21.4 Å². The van der Waals surface area contributed by atoms with Gasteiger partial charge in [0.05, 0.1) is 9.82 Å². The van der Waals surface area contributed by atoms with E-state index in [4.69, 9.17) is 0 Å². The molecular weight excluding hydrogens is 330 g/mol. The molecule has 24 heavy (non-hydrogen) atoms. The summed E-state index contributed by atoms with van der Waals surface area (Å²) in [6, 6.07) is 11.2. The average Bonchev–Trinajstić information content (AvgIpc) is 2.54. The van der Waals surface area contributed by atoms with Crippen LogP contribution in [0.25, 0.3) is 0 Å². The van der Waals surface area contributed by atoms with E-state index in [1.165, 1.54) is 19.2 Å². The lowest BCUT2D eigenvalue weighted by Gasteiger charge is -2.17. The van der Waals surface area contributed by atoms with Crippen molar-refractivity contribution in [2.75, 3.05) is 12.4 Å². The van der Waals surface area contributed by atoms with Crippen LogP contribution in [0.2, 0.25) is 0 Å². The average molecular weight is 349 g/mol. The van der Waals surface area contributed by atoms with E-state index in [-0.39, 0.29) is 16.6 Å². The van der Waals surface area contributed by atoms with E-state index in [2.05, 4.69) is 10.0 Å². The fourth-order valence-electron chi connectivity index (χ4n) is 2.35. The molecule has 2 N–H and O–H groups in total. The molecule has 2 rings (SSSR count). The second kappa shape index (κ2) is 6.98. The number of nitro benzene ring substituents is 1. The molecule has 2 aromatic rings. The van der Waals surface area contributed by atoms with Crippen LogP contribution in [-0.4, -0.2) is 20.4 Å². The Morgan fingerprint density at radius 3 is 2.46 bits per heavy atom. The molecule has 0 radical (unpaired) electrons. The SMILES string of the molecule is CNS(=O)(=O)c1cccc(C(C)Nc2ccc([N+](=O)[O-])c(C)c2)c1. The summed E-state index contributed by atoms with van der Waals surface area (Å²) in [5, 5.41) is 14.1. The van der Waals surface area contributed by atoms with E-state index >= 15 is 0 Å². The molecule has 0 amide bonds. The van der Waals surface area contributed by atoms with Gasteiger partial charge in [0.25, 0.3) is 5.69 Å². The summed E-state index contributed by atoms with van der Waals surface area (Å²) in [6.45, 7) is 3.57. The maximum Gasteiger partial charge on any atom is 0.272 e. The van der Waals surface area contributed by atoms with E-state index in [1.807, 2.05) is 13.0 Å². The van der Waals surface area contributed by atoms with Crippen LogP contribution >= 0.6 is 0 Å². The third-order valence-electron chi connectivity index (χ3n) is 3.71. The van der Waals surface area contributed by atoms with E-state index in [0.29, 0.717) is 5.56 Å². The molecule has 8 heteroatoms. The fraction of sp³-hybridized carbons (Fsp3) is 0.250. The van der Waals surface area contributed by atoms with E-state index < -0.39 is 14.9 Å². The molecule has 128 valence electrons. The van der Waals surface area contributed by atoms with Gasteiger partial charge < -0.3 is 5.32 Å². The minimum absolute atomic E-state index is 0.0651. The third kappa shape index (κ3) is 3.90. The minimum Gasteiger partial charge on any atom is -0.379 e. The molecule has 0 heterocycles. The number of sulfonamides is 1. The fourth-order valence-corrected chi connectivity index (χ4v) is 3.14. The highest BCUT2D eigenvalue weighted by molar-refractivity contribution is 7.89. The zero-order valence-electron chi connectivity index (χ0n) is 13.6.